The second kappa shape index (κ2) is 6.34. The van der Waals surface area contributed by atoms with E-state index in [-0.39, 0.29) is 11.7 Å². The lowest BCUT2D eigenvalue weighted by atomic mass is 10.1. The van der Waals surface area contributed by atoms with Crippen molar-refractivity contribution in [2.24, 2.45) is 0 Å². The lowest BCUT2D eigenvalue weighted by Gasteiger charge is -2.30. The van der Waals surface area contributed by atoms with Gasteiger partial charge in [-0.05, 0) is 31.0 Å². The van der Waals surface area contributed by atoms with Crippen LogP contribution in [-0.4, -0.2) is 40.9 Å². The van der Waals surface area contributed by atoms with Gasteiger partial charge in [-0.3, -0.25) is 4.79 Å². The van der Waals surface area contributed by atoms with Crippen molar-refractivity contribution in [2.75, 3.05) is 18.8 Å². The molecule has 1 saturated heterocycles. The molecule has 1 aromatic carbocycles. The van der Waals surface area contributed by atoms with Crippen LogP contribution in [0.15, 0.2) is 23.1 Å². The van der Waals surface area contributed by atoms with Crippen molar-refractivity contribution in [1.29, 1.82) is 0 Å². The summed E-state index contributed by atoms with van der Waals surface area (Å²) in [7, 11) is 0. The van der Waals surface area contributed by atoms with Gasteiger partial charge in [0.1, 0.15) is 0 Å². The summed E-state index contributed by atoms with van der Waals surface area (Å²) in [5.74, 6) is -1.73. The minimum atomic E-state index is -0.911. The first-order valence-electron chi connectivity index (χ1n) is 6.10. The number of nitrogens with zero attached hydrogens (tertiary/aromatic N) is 1. The first-order chi connectivity index (χ1) is 9.06. The molecule has 1 atom stereocenters. The van der Waals surface area contributed by atoms with Crippen LogP contribution in [0.25, 0.3) is 0 Å². The van der Waals surface area contributed by atoms with Gasteiger partial charge in [-0.2, -0.15) is 0 Å². The molecule has 1 aliphatic heterocycles. The number of carbonyl (C=O) groups is 1. The Labute approximate surface area is 114 Å². The second-order valence-electron chi connectivity index (χ2n) is 4.50. The number of aliphatic hydroxyl groups is 1. The van der Waals surface area contributed by atoms with E-state index in [9.17, 15) is 18.7 Å². The summed E-state index contributed by atoms with van der Waals surface area (Å²) in [6.45, 7) is 1.01. The minimum absolute atomic E-state index is 0.0894. The predicted molar refractivity (Wildman–Crippen MR) is 68.9 cm³/mol. The van der Waals surface area contributed by atoms with E-state index in [0.29, 0.717) is 18.0 Å². The van der Waals surface area contributed by atoms with E-state index in [1.54, 1.807) is 4.90 Å². The van der Waals surface area contributed by atoms with Crippen LogP contribution in [0.4, 0.5) is 8.78 Å². The number of likely N-dealkylation sites (tertiary alicyclic amines) is 1. The third kappa shape index (κ3) is 3.91. The first-order valence-corrected chi connectivity index (χ1v) is 7.08. The molecule has 3 nitrogen and oxygen atoms in total. The Morgan fingerprint density at radius 3 is 2.89 bits per heavy atom. The maximum Gasteiger partial charge on any atom is 0.233 e. The number of aliphatic hydroxyl groups excluding tert-OH is 1. The molecule has 0 radical (unpaired) electrons. The lowest BCUT2D eigenvalue weighted by Crippen LogP contribution is -2.42. The van der Waals surface area contributed by atoms with E-state index < -0.39 is 17.7 Å². The molecule has 1 N–H and O–H groups in total. The van der Waals surface area contributed by atoms with Gasteiger partial charge < -0.3 is 10.0 Å². The first kappa shape index (κ1) is 14.3. The van der Waals surface area contributed by atoms with Crippen molar-refractivity contribution in [3.63, 3.8) is 0 Å². The molecular formula is C13H15F2NO2S. The highest BCUT2D eigenvalue weighted by Gasteiger charge is 2.21. The molecule has 0 spiro atoms. The number of halogens is 2. The molecule has 104 valence electrons. The summed E-state index contributed by atoms with van der Waals surface area (Å²) >= 11 is 1.17. The maximum atomic E-state index is 13.0. The van der Waals surface area contributed by atoms with Gasteiger partial charge in [-0.25, -0.2) is 8.78 Å². The Bertz CT molecular complexity index is 470. The van der Waals surface area contributed by atoms with Crippen molar-refractivity contribution in [3.8, 4) is 0 Å². The van der Waals surface area contributed by atoms with Gasteiger partial charge >= 0.3 is 0 Å². The zero-order valence-electron chi connectivity index (χ0n) is 10.3. The zero-order chi connectivity index (χ0) is 13.8. The number of thioether (sulfide) groups is 1. The number of amides is 1. The lowest BCUT2D eigenvalue weighted by molar-refractivity contribution is -0.131. The molecule has 0 aromatic heterocycles. The van der Waals surface area contributed by atoms with E-state index >= 15 is 0 Å². The number of benzene rings is 1. The van der Waals surface area contributed by atoms with E-state index in [0.717, 1.165) is 25.0 Å². The topological polar surface area (TPSA) is 40.5 Å². The number of β-amino-alcohol motifs (C(OH)–C–C–N with tert-alkyl or cyclic N) is 1. The monoisotopic (exact) mass is 287 g/mol. The Kier molecular flexibility index (Phi) is 4.76. The molecular weight excluding hydrogens is 272 g/mol. The highest BCUT2D eigenvalue weighted by molar-refractivity contribution is 8.00. The van der Waals surface area contributed by atoms with E-state index in [1.807, 2.05) is 0 Å². The second-order valence-corrected chi connectivity index (χ2v) is 5.55. The van der Waals surface area contributed by atoms with Crippen LogP contribution >= 0.6 is 11.8 Å². The minimum Gasteiger partial charge on any atom is -0.391 e. The average Bonchev–Trinajstić information content (AvgIpc) is 2.40. The number of piperidine rings is 1. The molecule has 1 heterocycles. The van der Waals surface area contributed by atoms with Crippen molar-refractivity contribution >= 4 is 17.7 Å². The number of carbonyl (C=O) groups excluding carboxylic acids is 1. The van der Waals surface area contributed by atoms with Gasteiger partial charge in [0.15, 0.2) is 11.6 Å². The molecule has 1 fully saturated rings. The van der Waals surface area contributed by atoms with Gasteiger partial charge in [0.05, 0.1) is 11.9 Å². The van der Waals surface area contributed by atoms with Crippen molar-refractivity contribution in [1.82, 2.24) is 4.90 Å². The highest BCUT2D eigenvalue weighted by Crippen LogP contribution is 2.21. The molecule has 0 saturated carbocycles. The fourth-order valence-corrected chi connectivity index (χ4v) is 2.81. The summed E-state index contributed by atoms with van der Waals surface area (Å²) < 4.78 is 25.7. The number of hydrogen-bond acceptors (Lipinski definition) is 3. The molecule has 0 aliphatic carbocycles. The smallest absolute Gasteiger partial charge is 0.233 e. The van der Waals surface area contributed by atoms with Gasteiger partial charge in [0.25, 0.3) is 0 Å². The van der Waals surface area contributed by atoms with Crippen LogP contribution in [0.1, 0.15) is 12.8 Å². The molecule has 19 heavy (non-hydrogen) atoms. The van der Waals surface area contributed by atoms with Crippen LogP contribution in [0, 0.1) is 11.6 Å². The summed E-state index contributed by atoms with van der Waals surface area (Å²) in [4.78, 5) is 14.0. The third-order valence-electron chi connectivity index (χ3n) is 3.00. The third-order valence-corrected chi connectivity index (χ3v) is 3.98. The summed E-state index contributed by atoms with van der Waals surface area (Å²) in [6, 6.07) is 3.58. The summed E-state index contributed by atoms with van der Waals surface area (Å²) in [5.41, 5.74) is 0. The molecule has 2 rings (SSSR count). The summed E-state index contributed by atoms with van der Waals surface area (Å²) in [6.07, 6.45) is 1.06. The van der Waals surface area contributed by atoms with E-state index in [1.165, 1.54) is 17.8 Å². The van der Waals surface area contributed by atoms with Gasteiger partial charge in [-0.1, -0.05) is 0 Å². The average molecular weight is 287 g/mol. The number of rotatable bonds is 3. The molecule has 0 bridgehead atoms. The highest BCUT2D eigenvalue weighted by atomic mass is 32.2. The van der Waals surface area contributed by atoms with Crippen molar-refractivity contribution in [2.45, 2.75) is 23.8 Å². The standard InChI is InChI=1S/C13H15F2NO2S/c14-11-4-3-10(6-12(11)15)19-8-13(18)16-5-1-2-9(17)7-16/h3-4,6,9,17H,1-2,5,7-8H2. The van der Waals surface area contributed by atoms with Gasteiger partial charge in [-0.15, -0.1) is 11.8 Å². The fraction of sp³-hybridized carbons (Fsp3) is 0.462. The summed E-state index contributed by atoms with van der Waals surface area (Å²) in [5, 5.41) is 9.49. The van der Waals surface area contributed by atoms with Gasteiger partial charge in [0.2, 0.25) is 5.91 Å². The molecule has 1 aliphatic rings. The van der Waals surface area contributed by atoms with E-state index in [4.69, 9.17) is 0 Å². The molecule has 1 unspecified atom stereocenters. The van der Waals surface area contributed by atoms with Crippen LogP contribution in [-0.2, 0) is 4.79 Å². The van der Waals surface area contributed by atoms with Crippen molar-refractivity contribution in [3.05, 3.63) is 29.8 Å². The van der Waals surface area contributed by atoms with Gasteiger partial charge in [0, 0.05) is 18.0 Å². The van der Waals surface area contributed by atoms with Crippen LogP contribution < -0.4 is 0 Å². The quantitative estimate of drug-likeness (QED) is 0.865. The van der Waals surface area contributed by atoms with Crippen LogP contribution in [0.2, 0.25) is 0 Å². The van der Waals surface area contributed by atoms with Crippen molar-refractivity contribution < 1.29 is 18.7 Å². The fourth-order valence-electron chi connectivity index (χ4n) is 1.98. The molecule has 1 aromatic rings. The SMILES string of the molecule is O=C(CSc1ccc(F)c(F)c1)N1CCCC(O)C1. The largest absolute Gasteiger partial charge is 0.391 e. The van der Waals surface area contributed by atoms with Crippen LogP contribution in [0.3, 0.4) is 0 Å². The van der Waals surface area contributed by atoms with E-state index in [2.05, 4.69) is 0 Å². The zero-order valence-corrected chi connectivity index (χ0v) is 11.1. The Hall–Kier alpha value is -1.14. The predicted octanol–water partition coefficient (Wildman–Crippen LogP) is 2.04. The Morgan fingerprint density at radius 1 is 1.42 bits per heavy atom. The Balaban J connectivity index is 1.87. The molecule has 6 heteroatoms. The number of hydrogen-bond donors (Lipinski definition) is 1. The normalized spacial score (nSPS) is 19.5. The molecule has 1 amide bonds. The Morgan fingerprint density at radius 2 is 2.21 bits per heavy atom. The van der Waals surface area contributed by atoms with Crippen LogP contribution in [0.5, 0.6) is 0 Å². The maximum absolute atomic E-state index is 13.0.